The van der Waals surface area contributed by atoms with Crippen molar-refractivity contribution in [2.45, 2.75) is 26.4 Å². The second-order valence-electron chi connectivity index (χ2n) is 6.37. The minimum absolute atomic E-state index is 0.325. The molecule has 0 atom stereocenters. The Hall–Kier alpha value is -2.02. The van der Waals surface area contributed by atoms with Crippen LogP contribution in [0.2, 0.25) is 0 Å². The lowest BCUT2D eigenvalue weighted by molar-refractivity contribution is 0.0522. The molecule has 1 aromatic carbocycles. The van der Waals surface area contributed by atoms with Gasteiger partial charge in [0.1, 0.15) is 11.8 Å². The lowest BCUT2D eigenvalue weighted by Crippen LogP contribution is -2.27. The van der Waals surface area contributed by atoms with E-state index in [9.17, 15) is 14.2 Å². The minimum Gasteiger partial charge on any atom is -0.442 e. The van der Waals surface area contributed by atoms with Crippen LogP contribution in [0.1, 0.15) is 31.1 Å². The summed E-state index contributed by atoms with van der Waals surface area (Å²) in [6.45, 7) is 5.28. The van der Waals surface area contributed by atoms with Crippen molar-refractivity contribution in [1.82, 2.24) is 9.78 Å². The molecule has 0 amide bonds. The maximum absolute atomic E-state index is 12.3. The largest absolute Gasteiger partial charge is 0.442 e. The quantitative estimate of drug-likeness (QED) is 0.589. The van der Waals surface area contributed by atoms with E-state index < -0.39 is 19.3 Å². The predicted octanol–water partition coefficient (Wildman–Crippen LogP) is 3.49. The molecule has 8 nitrogen and oxygen atoms in total. The first kappa shape index (κ1) is 19.3. The molecule has 0 saturated carbocycles. The molecule has 2 aromatic rings. The van der Waals surface area contributed by atoms with Crippen molar-refractivity contribution >= 4 is 30.4 Å². The maximum atomic E-state index is 12.3. The van der Waals surface area contributed by atoms with Gasteiger partial charge < -0.3 is 13.8 Å². The number of carbonyl (C=O) groups excluding carboxylic acids is 2. The van der Waals surface area contributed by atoms with Gasteiger partial charge in [0.15, 0.2) is 5.78 Å². The lowest BCUT2D eigenvalue weighted by Gasteiger charge is -2.19. The van der Waals surface area contributed by atoms with Crippen LogP contribution in [-0.4, -0.2) is 47.6 Å². The number of ether oxygens (including phenoxy) is 1. The van der Waals surface area contributed by atoms with Crippen LogP contribution >= 0.6 is 7.60 Å². The third-order valence-corrected chi connectivity index (χ3v) is 5.14. The Labute approximate surface area is 145 Å². The molecule has 0 saturated heterocycles. The number of ketones is 1. The number of aromatic nitrogens is 2. The summed E-state index contributed by atoms with van der Waals surface area (Å²) in [6.07, 6.45) is 0.485. The first-order chi connectivity index (χ1) is 11.6. The Bertz CT molecular complexity index is 844. The molecule has 0 aliphatic heterocycles. The molecule has 0 radical (unpaired) electrons. The second kappa shape index (κ2) is 7.07. The third-order valence-electron chi connectivity index (χ3n) is 3.35. The molecule has 25 heavy (non-hydrogen) atoms. The van der Waals surface area contributed by atoms with E-state index in [1.165, 1.54) is 26.5 Å². The van der Waals surface area contributed by atoms with Crippen LogP contribution in [0.15, 0.2) is 24.4 Å². The summed E-state index contributed by atoms with van der Waals surface area (Å²) in [6, 6.07) is 4.69. The standard InChI is InChI=1S/C16H21N2O6P/c1-16(2,3)24-15(20)18-13-7-6-11(8-12(13)9-17-18)14(19)10-25(21,22-4)23-5/h6-9H,10H2,1-5H3. The molecule has 136 valence electrons. The highest BCUT2D eigenvalue weighted by Crippen LogP contribution is 2.46. The van der Waals surface area contributed by atoms with Gasteiger partial charge in [0.2, 0.25) is 0 Å². The van der Waals surface area contributed by atoms with Crippen LogP contribution in [-0.2, 0) is 18.3 Å². The van der Waals surface area contributed by atoms with E-state index in [0.29, 0.717) is 16.5 Å². The van der Waals surface area contributed by atoms with Crippen molar-refractivity contribution in [3.63, 3.8) is 0 Å². The summed E-state index contributed by atoms with van der Waals surface area (Å²) in [5, 5.41) is 4.60. The number of hydrogen-bond donors (Lipinski definition) is 0. The van der Waals surface area contributed by atoms with Crippen LogP contribution in [0.4, 0.5) is 4.79 Å². The van der Waals surface area contributed by atoms with Crippen LogP contribution in [0.5, 0.6) is 0 Å². The number of Topliss-reactive ketones (excluding diaryl/α,β-unsaturated/α-hetero) is 1. The SMILES string of the molecule is COP(=O)(CC(=O)c1ccc2c(cnn2C(=O)OC(C)(C)C)c1)OC. The van der Waals surface area contributed by atoms with Gasteiger partial charge in [0, 0.05) is 25.2 Å². The van der Waals surface area contributed by atoms with E-state index in [4.69, 9.17) is 13.8 Å². The topological polar surface area (TPSA) is 96.7 Å². The molecule has 1 aromatic heterocycles. The predicted molar refractivity (Wildman–Crippen MR) is 92.2 cm³/mol. The fourth-order valence-corrected chi connectivity index (χ4v) is 3.07. The van der Waals surface area contributed by atoms with Crippen molar-refractivity contribution in [1.29, 1.82) is 0 Å². The number of rotatable bonds is 5. The van der Waals surface area contributed by atoms with Crippen LogP contribution in [0.3, 0.4) is 0 Å². The Kier molecular flexibility index (Phi) is 5.46. The first-order valence-corrected chi connectivity index (χ1v) is 9.26. The molecule has 9 heteroatoms. The fraction of sp³-hybridized carbons (Fsp3) is 0.438. The zero-order valence-corrected chi connectivity index (χ0v) is 15.7. The fourth-order valence-electron chi connectivity index (χ4n) is 2.13. The second-order valence-corrected chi connectivity index (χ2v) is 8.64. The van der Waals surface area contributed by atoms with Crippen molar-refractivity contribution < 1.29 is 27.9 Å². The van der Waals surface area contributed by atoms with E-state index in [0.717, 1.165) is 4.68 Å². The molecule has 1 heterocycles. The maximum Gasteiger partial charge on any atom is 0.435 e. The lowest BCUT2D eigenvalue weighted by atomic mass is 10.1. The van der Waals surface area contributed by atoms with Gasteiger partial charge in [-0.2, -0.15) is 9.78 Å². The summed E-state index contributed by atoms with van der Waals surface area (Å²) >= 11 is 0. The van der Waals surface area contributed by atoms with Crippen LogP contribution < -0.4 is 0 Å². The third kappa shape index (κ3) is 4.54. The van der Waals surface area contributed by atoms with Gasteiger partial charge in [-0.25, -0.2) is 4.79 Å². The van der Waals surface area contributed by atoms with E-state index in [2.05, 4.69) is 5.10 Å². The van der Waals surface area contributed by atoms with Gasteiger partial charge in [0.25, 0.3) is 0 Å². The van der Waals surface area contributed by atoms with E-state index in [1.54, 1.807) is 32.9 Å². The zero-order chi connectivity index (χ0) is 18.8. The monoisotopic (exact) mass is 368 g/mol. The van der Waals surface area contributed by atoms with E-state index in [1.807, 2.05) is 0 Å². The summed E-state index contributed by atoms with van der Waals surface area (Å²) in [4.78, 5) is 24.5. The Balaban J connectivity index is 2.29. The Morgan fingerprint density at radius 1 is 1.20 bits per heavy atom. The molecule has 0 aliphatic rings. The van der Waals surface area contributed by atoms with Crippen molar-refractivity contribution in [2.24, 2.45) is 0 Å². The summed E-state index contributed by atoms with van der Waals surface area (Å²) < 4.78 is 28.1. The highest BCUT2D eigenvalue weighted by Gasteiger charge is 2.27. The average Bonchev–Trinajstić information content (AvgIpc) is 2.96. The molecular formula is C16H21N2O6P. The normalized spacial score (nSPS) is 12.4. The summed E-state index contributed by atoms with van der Waals surface area (Å²) in [7, 11) is -0.986. The van der Waals surface area contributed by atoms with Crippen molar-refractivity contribution in [3.8, 4) is 0 Å². The van der Waals surface area contributed by atoms with Crippen molar-refractivity contribution in [2.75, 3.05) is 20.4 Å². The van der Waals surface area contributed by atoms with Gasteiger partial charge in [-0.15, -0.1) is 0 Å². The molecule has 0 N–H and O–H groups in total. The smallest absolute Gasteiger partial charge is 0.435 e. The number of hydrogen-bond acceptors (Lipinski definition) is 7. The van der Waals surface area contributed by atoms with E-state index >= 15 is 0 Å². The highest BCUT2D eigenvalue weighted by molar-refractivity contribution is 7.54. The molecule has 0 fully saturated rings. The number of fused-ring (bicyclic) bond motifs is 1. The molecule has 0 unspecified atom stereocenters. The van der Waals surface area contributed by atoms with Gasteiger partial charge in [-0.05, 0) is 39.0 Å². The number of benzene rings is 1. The molecule has 0 spiro atoms. The molecule has 2 rings (SSSR count). The molecular weight excluding hydrogens is 347 g/mol. The Morgan fingerprint density at radius 2 is 1.84 bits per heavy atom. The molecule has 0 aliphatic carbocycles. The molecule has 0 bridgehead atoms. The van der Waals surface area contributed by atoms with Gasteiger partial charge in [-0.1, -0.05) is 0 Å². The average molecular weight is 368 g/mol. The summed E-state index contributed by atoms with van der Waals surface area (Å²) in [5.41, 5.74) is 0.185. The number of carbonyl (C=O) groups is 2. The Morgan fingerprint density at radius 3 is 2.40 bits per heavy atom. The van der Waals surface area contributed by atoms with Gasteiger partial charge >= 0.3 is 13.7 Å². The van der Waals surface area contributed by atoms with Crippen molar-refractivity contribution in [3.05, 3.63) is 30.0 Å². The van der Waals surface area contributed by atoms with Crippen LogP contribution in [0.25, 0.3) is 10.9 Å². The minimum atomic E-state index is -3.44. The first-order valence-electron chi connectivity index (χ1n) is 7.53. The highest BCUT2D eigenvalue weighted by atomic mass is 31.2. The van der Waals surface area contributed by atoms with E-state index in [-0.39, 0.29) is 11.9 Å². The van der Waals surface area contributed by atoms with Gasteiger partial charge in [0.05, 0.1) is 11.7 Å². The zero-order valence-electron chi connectivity index (χ0n) is 14.8. The van der Waals surface area contributed by atoms with Crippen LogP contribution in [0, 0.1) is 0 Å². The summed E-state index contributed by atoms with van der Waals surface area (Å²) in [5.74, 6) is -0.390. The van der Waals surface area contributed by atoms with Gasteiger partial charge in [-0.3, -0.25) is 9.36 Å². The number of nitrogens with zero attached hydrogens (tertiary/aromatic N) is 2.